The summed E-state index contributed by atoms with van der Waals surface area (Å²) >= 11 is 0. The third-order valence-corrected chi connectivity index (χ3v) is 5.32. The Labute approximate surface area is 157 Å². The Morgan fingerprint density at radius 1 is 1.22 bits per heavy atom. The maximum atomic E-state index is 13.1. The Bertz CT molecular complexity index is 1120. The van der Waals surface area contributed by atoms with Gasteiger partial charge in [-0.1, -0.05) is 31.5 Å². The first kappa shape index (κ1) is 17.6. The minimum atomic E-state index is -0.275. The highest BCUT2D eigenvalue weighted by Crippen LogP contribution is 2.28. The predicted octanol–water partition coefficient (Wildman–Crippen LogP) is 1.82. The van der Waals surface area contributed by atoms with Gasteiger partial charge in [-0.3, -0.25) is 13.9 Å². The van der Waals surface area contributed by atoms with Crippen LogP contribution in [0.1, 0.15) is 25.8 Å². The van der Waals surface area contributed by atoms with Crippen molar-refractivity contribution in [2.24, 2.45) is 13.0 Å². The maximum absolute atomic E-state index is 13.1. The van der Waals surface area contributed by atoms with Gasteiger partial charge in [0.15, 0.2) is 0 Å². The molecule has 0 aliphatic carbocycles. The van der Waals surface area contributed by atoms with Gasteiger partial charge in [0.2, 0.25) is 11.2 Å². The molecular formula is C20H26N5O2+. The van der Waals surface area contributed by atoms with Crippen molar-refractivity contribution in [1.82, 2.24) is 14.1 Å². The maximum Gasteiger partial charge on any atom is 0.364 e. The molecule has 27 heavy (non-hydrogen) atoms. The van der Waals surface area contributed by atoms with Crippen molar-refractivity contribution in [3.05, 3.63) is 50.7 Å². The van der Waals surface area contributed by atoms with Crippen molar-refractivity contribution in [3.63, 3.8) is 0 Å². The summed E-state index contributed by atoms with van der Waals surface area (Å²) in [5, 5.41) is 0. The molecule has 0 radical (unpaired) electrons. The predicted molar refractivity (Wildman–Crippen MR) is 106 cm³/mol. The first-order valence-corrected chi connectivity index (χ1v) is 9.52. The van der Waals surface area contributed by atoms with Gasteiger partial charge in [-0.2, -0.15) is 0 Å². The second-order valence-electron chi connectivity index (χ2n) is 7.61. The summed E-state index contributed by atoms with van der Waals surface area (Å²) in [4.78, 5) is 31.3. The van der Waals surface area contributed by atoms with Gasteiger partial charge < -0.3 is 0 Å². The molecule has 1 atom stereocenters. The molecule has 1 aromatic carbocycles. The molecular weight excluding hydrogens is 342 g/mol. The van der Waals surface area contributed by atoms with Gasteiger partial charge in [0.25, 0.3) is 5.56 Å². The smallest absolute Gasteiger partial charge is 0.267 e. The van der Waals surface area contributed by atoms with Crippen LogP contribution in [0.25, 0.3) is 11.2 Å². The van der Waals surface area contributed by atoms with Gasteiger partial charge in [0.1, 0.15) is 5.69 Å². The van der Waals surface area contributed by atoms with Crippen LogP contribution in [0.3, 0.4) is 0 Å². The fourth-order valence-electron chi connectivity index (χ4n) is 3.95. The molecule has 1 aliphatic heterocycles. The van der Waals surface area contributed by atoms with Gasteiger partial charge in [0.05, 0.1) is 13.1 Å². The molecule has 0 fully saturated rings. The molecule has 0 saturated carbocycles. The minimum Gasteiger partial charge on any atom is -0.267 e. The zero-order valence-corrected chi connectivity index (χ0v) is 16.3. The largest absolute Gasteiger partial charge is 0.364 e. The van der Waals surface area contributed by atoms with Crippen molar-refractivity contribution in [1.29, 1.82) is 0 Å². The number of hydrogen-bond acceptors (Lipinski definition) is 3. The minimum absolute atomic E-state index is 0.213. The van der Waals surface area contributed by atoms with Crippen LogP contribution < -0.4 is 20.7 Å². The number of aryl methyl sites for hydroxylation is 2. The topological polar surface area (TPSA) is 66.9 Å². The van der Waals surface area contributed by atoms with Crippen molar-refractivity contribution in [2.75, 3.05) is 11.4 Å². The van der Waals surface area contributed by atoms with Crippen LogP contribution in [0, 0.1) is 12.8 Å². The zero-order valence-electron chi connectivity index (χ0n) is 16.3. The summed E-state index contributed by atoms with van der Waals surface area (Å²) in [5.74, 6) is 1.23. The van der Waals surface area contributed by atoms with Crippen LogP contribution in [-0.2, 0) is 20.1 Å². The van der Waals surface area contributed by atoms with Crippen LogP contribution in [0.5, 0.6) is 0 Å². The Morgan fingerprint density at radius 2 is 1.93 bits per heavy atom. The highest BCUT2D eigenvalue weighted by molar-refractivity contribution is 5.70. The number of imidazole rings is 1. The van der Waals surface area contributed by atoms with Crippen LogP contribution in [0.15, 0.2) is 33.9 Å². The quantitative estimate of drug-likeness (QED) is 0.717. The summed E-state index contributed by atoms with van der Waals surface area (Å²) in [7, 11) is 1.72. The summed E-state index contributed by atoms with van der Waals surface area (Å²) in [6, 6.07) is 8.37. The molecule has 4 rings (SSSR count). The summed E-state index contributed by atoms with van der Waals surface area (Å²) in [6.45, 7) is 8.25. The second-order valence-corrected chi connectivity index (χ2v) is 7.61. The number of rotatable bonds is 3. The molecule has 7 nitrogen and oxygen atoms in total. The third kappa shape index (κ3) is 2.69. The average Bonchev–Trinajstić information content (AvgIpc) is 3.03. The van der Waals surface area contributed by atoms with E-state index in [9.17, 15) is 9.59 Å². The molecule has 0 amide bonds. The van der Waals surface area contributed by atoms with Crippen LogP contribution >= 0.6 is 0 Å². The number of anilines is 2. The van der Waals surface area contributed by atoms with E-state index in [2.05, 4.69) is 48.0 Å². The number of nitrogens with one attached hydrogen (secondary N) is 1. The Hall–Kier alpha value is -2.83. The SMILES string of the molecule is CCCn1c(=O)c2c([nH]c3[n+]2C[C@H](C)CN3c2ccc(C)cc2)n(C)c1=O. The van der Waals surface area contributed by atoms with Crippen molar-refractivity contribution in [3.8, 4) is 0 Å². The lowest BCUT2D eigenvalue weighted by Gasteiger charge is -2.26. The monoisotopic (exact) mass is 368 g/mol. The van der Waals surface area contributed by atoms with E-state index in [-0.39, 0.29) is 11.2 Å². The van der Waals surface area contributed by atoms with E-state index in [4.69, 9.17) is 0 Å². The molecule has 2 aromatic heterocycles. The summed E-state index contributed by atoms with van der Waals surface area (Å²) in [5.41, 5.74) is 2.95. The number of fused-ring (bicyclic) bond motifs is 3. The standard InChI is InChI=1S/C20H25N5O2/c1-5-10-23-18(26)16-17(22(4)20(23)27)21-19-24(11-14(3)12-25(16)19)15-8-6-13(2)7-9-15/h6-9,14H,5,10-12H2,1-4H3/p+1/t14-/m1/s1. The van der Waals surface area contributed by atoms with E-state index < -0.39 is 0 Å². The lowest BCUT2D eigenvalue weighted by Crippen LogP contribution is -2.52. The average molecular weight is 368 g/mol. The van der Waals surface area contributed by atoms with Crippen LogP contribution in [-0.4, -0.2) is 20.7 Å². The fourth-order valence-corrected chi connectivity index (χ4v) is 3.95. The highest BCUT2D eigenvalue weighted by Gasteiger charge is 2.35. The number of nitrogens with zero attached hydrogens (tertiary/aromatic N) is 4. The lowest BCUT2D eigenvalue weighted by molar-refractivity contribution is -0.669. The molecule has 1 aliphatic rings. The molecule has 0 unspecified atom stereocenters. The number of H-pyrrole nitrogens is 1. The molecule has 3 aromatic rings. The second kappa shape index (κ2) is 6.40. The van der Waals surface area contributed by atoms with E-state index in [0.717, 1.165) is 31.1 Å². The summed E-state index contributed by atoms with van der Waals surface area (Å²) in [6.07, 6.45) is 0.740. The molecule has 0 saturated heterocycles. The van der Waals surface area contributed by atoms with Gasteiger partial charge in [-0.25, -0.2) is 19.2 Å². The number of aromatic nitrogens is 4. The van der Waals surface area contributed by atoms with E-state index >= 15 is 0 Å². The highest BCUT2D eigenvalue weighted by atomic mass is 16.2. The summed E-state index contributed by atoms with van der Waals surface area (Å²) < 4.78 is 4.94. The number of aromatic amines is 1. The Morgan fingerprint density at radius 3 is 2.59 bits per heavy atom. The van der Waals surface area contributed by atoms with Crippen LogP contribution in [0.2, 0.25) is 0 Å². The molecule has 1 N–H and O–H groups in total. The van der Waals surface area contributed by atoms with E-state index in [0.29, 0.717) is 23.6 Å². The van der Waals surface area contributed by atoms with Gasteiger partial charge in [0, 0.05) is 19.5 Å². The Balaban J connectivity index is 2.00. The first-order valence-electron chi connectivity index (χ1n) is 9.52. The van der Waals surface area contributed by atoms with Gasteiger partial charge >= 0.3 is 11.6 Å². The molecule has 0 bridgehead atoms. The van der Waals surface area contributed by atoms with E-state index in [1.54, 1.807) is 11.6 Å². The van der Waals surface area contributed by atoms with Crippen molar-refractivity contribution in [2.45, 2.75) is 40.3 Å². The van der Waals surface area contributed by atoms with E-state index in [1.165, 1.54) is 10.1 Å². The van der Waals surface area contributed by atoms with Crippen molar-refractivity contribution < 1.29 is 4.57 Å². The molecule has 3 heterocycles. The number of benzene rings is 1. The Kier molecular flexibility index (Phi) is 4.17. The first-order chi connectivity index (χ1) is 12.9. The zero-order chi connectivity index (χ0) is 19.3. The van der Waals surface area contributed by atoms with Gasteiger partial charge in [-0.05, 0) is 25.5 Å². The third-order valence-electron chi connectivity index (χ3n) is 5.32. The lowest BCUT2D eigenvalue weighted by atomic mass is 10.1. The van der Waals surface area contributed by atoms with Crippen LogP contribution in [0.4, 0.5) is 11.6 Å². The number of hydrogen-bond donors (Lipinski definition) is 1. The molecule has 0 spiro atoms. The van der Waals surface area contributed by atoms with E-state index in [1.807, 2.05) is 11.5 Å². The van der Waals surface area contributed by atoms with Crippen molar-refractivity contribution >= 4 is 22.8 Å². The normalized spacial score (nSPS) is 16.7. The van der Waals surface area contributed by atoms with Gasteiger partial charge in [-0.15, -0.1) is 0 Å². The molecule has 7 heteroatoms. The fraction of sp³-hybridized carbons (Fsp3) is 0.450. The molecule has 142 valence electrons.